The van der Waals surface area contributed by atoms with Crippen LogP contribution in [0.3, 0.4) is 0 Å². The van der Waals surface area contributed by atoms with Crippen LogP contribution in [-0.2, 0) is 0 Å². The highest BCUT2D eigenvalue weighted by Gasteiger charge is 2.24. The number of nitrogens with zero attached hydrogens (tertiary/aromatic N) is 2. The maximum Gasteiger partial charge on any atom is 0.0786 e. The molecule has 0 unspecified atom stereocenters. The molecule has 2 heterocycles. The standard InChI is InChI=1S/C39H24N2/c1-2-13-29-27(11-1)28-12-3-4-14-30(28)34-21-19-25-10-9-23-40-39(25)38(34)35-24-26(20-22-31(29)35)41-36-17-7-5-15-32(36)33-16-6-8-18-37(33)41/h1-24H. The van der Waals surface area contributed by atoms with Gasteiger partial charge in [0.25, 0.3) is 0 Å². The highest BCUT2D eigenvalue weighted by Crippen LogP contribution is 2.50. The molecule has 0 amide bonds. The molecule has 1 aliphatic rings. The zero-order valence-corrected chi connectivity index (χ0v) is 22.3. The first-order chi connectivity index (χ1) is 20.4. The molecule has 6 aromatic carbocycles. The molecule has 0 saturated carbocycles. The molecule has 41 heavy (non-hydrogen) atoms. The van der Waals surface area contributed by atoms with Crippen LogP contribution >= 0.6 is 0 Å². The molecule has 0 N–H and O–H groups in total. The van der Waals surface area contributed by atoms with Crippen molar-refractivity contribution in [3.8, 4) is 50.2 Å². The predicted octanol–water partition coefficient (Wildman–Crippen LogP) is 10.3. The molecule has 190 valence electrons. The van der Waals surface area contributed by atoms with E-state index in [9.17, 15) is 0 Å². The SMILES string of the molecule is c1ccc2c(c1)-c1ccccc1-c1ccc3cccnc3c1-c1cc(-n3c4ccccc4c4ccccc43)ccc1-2. The summed E-state index contributed by atoms with van der Waals surface area (Å²) in [5.41, 5.74) is 14.4. The first-order valence-electron chi connectivity index (χ1n) is 14.1. The van der Waals surface area contributed by atoms with Crippen LogP contribution in [0.4, 0.5) is 0 Å². The van der Waals surface area contributed by atoms with Crippen molar-refractivity contribution >= 4 is 32.7 Å². The number of hydrogen-bond acceptors (Lipinski definition) is 1. The minimum absolute atomic E-state index is 1.03. The first kappa shape index (κ1) is 22.4. The minimum atomic E-state index is 1.03. The Hall–Kier alpha value is -5.47. The fourth-order valence-corrected chi connectivity index (χ4v) is 6.86. The van der Waals surface area contributed by atoms with Crippen molar-refractivity contribution in [3.05, 3.63) is 146 Å². The Labute approximate surface area is 237 Å². The minimum Gasteiger partial charge on any atom is -0.309 e. The van der Waals surface area contributed by atoms with E-state index >= 15 is 0 Å². The van der Waals surface area contributed by atoms with Gasteiger partial charge in [0.15, 0.2) is 0 Å². The first-order valence-corrected chi connectivity index (χ1v) is 14.1. The molecule has 0 fully saturated rings. The smallest absolute Gasteiger partial charge is 0.0786 e. The second-order valence-electron chi connectivity index (χ2n) is 10.8. The van der Waals surface area contributed by atoms with Crippen LogP contribution in [0.1, 0.15) is 0 Å². The number of benzene rings is 6. The van der Waals surface area contributed by atoms with Crippen LogP contribution in [0.25, 0.3) is 82.9 Å². The summed E-state index contributed by atoms with van der Waals surface area (Å²) in [6, 6.07) is 50.7. The normalized spacial score (nSPS) is 11.9. The largest absolute Gasteiger partial charge is 0.309 e. The second kappa shape index (κ2) is 8.51. The van der Waals surface area contributed by atoms with Gasteiger partial charge in [-0.2, -0.15) is 0 Å². The second-order valence-corrected chi connectivity index (χ2v) is 10.8. The van der Waals surface area contributed by atoms with E-state index in [-0.39, 0.29) is 0 Å². The Morgan fingerprint density at radius 1 is 0.415 bits per heavy atom. The highest BCUT2D eigenvalue weighted by molar-refractivity contribution is 6.12. The highest BCUT2D eigenvalue weighted by atomic mass is 15.0. The Balaban J connectivity index is 1.46. The summed E-state index contributed by atoms with van der Waals surface area (Å²) >= 11 is 0. The molecule has 9 rings (SSSR count). The van der Waals surface area contributed by atoms with Gasteiger partial charge in [0.1, 0.15) is 0 Å². The van der Waals surface area contributed by atoms with Crippen molar-refractivity contribution in [2.75, 3.05) is 0 Å². The van der Waals surface area contributed by atoms with Gasteiger partial charge in [0, 0.05) is 33.6 Å². The van der Waals surface area contributed by atoms with E-state index < -0.39 is 0 Å². The molecule has 0 aliphatic heterocycles. The summed E-state index contributed by atoms with van der Waals surface area (Å²) in [5, 5.41) is 3.68. The molecular weight excluding hydrogens is 496 g/mol. The lowest BCUT2D eigenvalue weighted by atomic mass is 9.80. The van der Waals surface area contributed by atoms with Crippen molar-refractivity contribution in [1.29, 1.82) is 0 Å². The van der Waals surface area contributed by atoms with Crippen LogP contribution in [-0.4, -0.2) is 9.55 Å². The molecule has 0 bridgehead atoms. The van der Waals surface area contributed by atoms with Crippen LogP contribution < -0.4 is 0 Å². The Morgan fingerprint density at radius 3 is 1.61 bits per heavy atom. The van der Waals surface area contributed by atoms with Gasteiger partial charge in [0.2, 0.25) is 0 Å². The van der Waals surface area contributed by atoms with E-state index in [4.69, 9.17) is 4.98 Å². The van der Waals surface area contributed by atoms with Gasteiger partial charge in [-0.3, -0.25) is 4.98 Å². The van der Waals surface area contributed by atoms with Crippen LogP contribution in [0, 0.1) is 0 Å². The summed E-state index contributed by atoms with van der Waals surface area (Å²) in [6.45, 7) is 0. The van der Waals surface area contributed by atoms with Gasteiger partial charge in [-0.05, 0) is 69.3 Å². The van der Waals surface area contributed by atoms with E-state index in [1.165, 1.54) is 66.3 Å². The lowest BCUT2D eigenvalue weighted by Gasteiger charge is -2.24. The van der Waals surface area contributed by atoms with Crippen molar-refractivity contribution in [1.82, 2.24) is 9.55 Å². The van der Waals surface area contributed by atoms with Crippen molar-refractivity contribution < 1.29 is 0 Å². The molecule has 0 atom stereocenters. The fraction of sp³-hybridized carbons (Fsp3) is 0. The van der Waals surface area contributed by atoms with Crippen LogP contribution in [0.5, 0.6) is 0 Å². The summed E-state index contributed by atoms with van der Waals surface area (Å²) in [6.07, 6.45) is 1.91. The van der Waals surface area contributed by atoms with E-state index in [1.54, 1.807) is 0 Å². The fourth-order valence-electron chi connectivity index (χ4n) is 6.86. The summed E-state index contributed by atoms with van der Waals surface area (Å²) < 4.78 is 2.40. The summed E-state index contributed by atoms with van der Waals surface area (Å²) in [5.74, 6) is 0. The molecular formula is C39H24N2. The van der Waals surface area contributed by atoms with E-state index in [0.717, 1.165) is 16.6 Å². The van der Waals surface area contributed by atoms with Crippen LogP contribution in [0.15, 0.2) is 146 Å². The van der Waals surface area contributed by atoms with Gasteiger partial charge >= 0.3 is 0 Å². The Kier molecular flexibility index (Phi) is 4.64. The number of pyridine rings is 1. The third-order valence-electron chi connectivity index (χ3n) is 8.61. The number of fused-ring (bicyclic) bond motifs is 13. The predicted molar refractivity (Wildman–Crippen MR) is 171 cm³/mol. The summed E-state index contributed by atoms with van der Waals surface area (Å²) in [7, 11) is 0. The number of para-hydroxylation sites is 2. The zero-order chi connectivity index (χ0) is 26.9. The third kappa shape index (κ3) is 3.16. The molecule has 2 aromatic heterocycles. The summed E-state index contributed by atoms with van der Waals surface area (Å²) in [4.78, 5) is 4.98. The number of rotatable bonds is 1. The molecule has 0 spiro atoms. The third-order valence-corrected chi connectivity index (χ3v) is 8.61. The average Bonchev–Trinajstić information content (AvgIpc) is 3.38. The monoisotopic (exact) mass is 520 g/mol. The van der Waals surface area contributed by atoms with E-state index in [0.29, 0.717) is 0 Å². The Bertz CT molecular complexity index is 2270. The lowest BCUT2D eigenvalue weighted by molar-refractivity contribution is 1.18. The maximum absolute atomic E-state index is 4.98. The maximum atomic E-state index is 4.98. The molecule has 0 saturated heterocycles. The van der Waals surface area contributed by atoms with Crippen LogP contribution in [0.2, 0.25) is 0 Å². The van der Waals surface area contributed by atoms with Crippen molar-refractivity contribution in [3.63, 3.8) is 0 Å². The number of hydrogen-bond donors (Lipinski definition) is 0. The molecule has 8 aromatic rings. The molecule has 0 radical (unpaired) electrons. The molecule has 2 heteroatoms. The van der Waals surface area contributed by atoms with Gasteiger partial charge in [-0.1, -0.05) is 109 Å². The lowest BCUT2D eigenvalue weighted by Crippen LogP contribution is -2.01. The van der Waals surface area contributed by atoms with Gasteiger partial charge in [-0.25, -0.2) is 0 Å². The van der Waals surface area contributed by atoms with Gasteiger partial charge < -0.3 is 4.57 Å². The van der Waals surface area contributed by atoms with Crippen molar-refractivity contribution in [2.24, 2.45) is 0 Å². The van der Waals surface area contributed by atoms with Gasteiger partial charge in [-0.15, -0.1) is 0 Å². The van der Waals surface area contributed by atoms with E-state index in [2.05, 4.69) is 138 Å². The van der Waals surface area contributed by atoms with Gasteiger partial charge in [0.05, 0.1) is 16.6 Å². The Morgan fingerprint density at radius 2 is 0.951 bits per heavy atom. The molecule has 2 nitrogen and oxygen atoms in total. The number of aromatic nitrogens is 2. The molecule has 1 aliphatic carbocycles. The topological polar surface area (TPSA) is 17.8 Å². The quantitative estimate of drug-likeness (QED) is 0.210. The van der Waals surface area contributed by atoms with Crippen molar-refractivity contribution in [2.45, 2.75) is 0 Å². The average molecular weight is 521 g/mol. The van der Waals surface area contributed by atoms with E-state index in [1.807, 2.05) is 12.3 Å². The zero-order valence-electron chi connectivity index (χ0n) is 22.3.